The highest BCUT2D eigenvalue weighted by atomic mass is 19.1. The van der Waals surface area contributed by atoms with Crippen LogP contribution in [0.15, 0.2) is 65.2 Å². The van der Waals surface area contributed by atoms with Crippen molar-refractivity contribution in [3.05, 3.63) is 77.7 Å². The predicted octanol–water partition coefficient (Wildman–Crippen LogP) is 5.35. The molecule has 0 amide bonds. The van der Waals surface area contributed by atoms with Crippen LogP contribution in [0.3, 0.4) is 0 Å². The number of nitrogens with zero attached hydrogens (tertiary/aromatic N) is 2. The highest BCUT2D eigenvalue weighted by Gasteiger charge is 2.14. The van der Waals surface area contributed by atoms with Crippen LogP contribution in [0.2, 0.25) is 0 Å². The maximum atomic E-state index is 13.7. The lowest BCUT2D eigenvalue weighted by atomic mass is 10.0. The molecule has 0 saturated carbocycles. The van der Waals surface area contributed by atoms with Crippen molar-refractivity contribution in [3.8, 4) is 28.5 Å². The third kappa shape index (κ3) is 3.46. The van der Waals surface area contributed by atoms with Crippen LogP contribution in [-0.4, -0.2) is 17.6 Å². The number of hydrogen-bond donors (Lipinski definition) is 0. The molecular weight excluding hydrogens is 371 g/mol. The Morgan fingerprint density at radius 3 is 2.62 bits per heavy atom. The third-order valence-electron chi connectivity index (χ3n) is 4.49. The molecule has 0 aliphatic carbocycles. The van der Waals surface area contributed by atoms with Gasteiger partial charge >= 0.3 is 5.97 Å². The van der Waals surface area contributed by atoms with Gasteiger partial charge in [0.1, 0.15) is 23.2 Å². The first-order valence-electron chi connectivity index (χ1n) is 8.97. The molecule has 2 aromatic carbocycles. The fourth-order valence-corrected chi connectivity index (χ4v) is 3.07. The van der Waals surface area contributed by atoms with Gasteiger partial charge in [-0.2, -0.15) is 5.26 Å². The number of aromatic nitrogens is 1. The fraction of sp³-hybridized carbons (Fsp3) is 0.0870. The van der Waals surface area contributed by atoms with Gasteiger partial charge in [0.25, 0.3) is 0 Å². The van der Waals surface area contributed by atoms with Crippen molar-refractivity contribution < 1.29 is 18.3 Å². The van der Waals surface area contributed by atoms with Crippen LogP contribution in [0, 0.1) is 17.1 Å². The van der Waals surface area contributed by atoms with E-state index in [1.54, 1.807) is 55.6 Å². The van der Waals surface area contributed by atoms with Gasteiger partial charge in [0.15, 0.2) is 5.58 Å². The Bertz CT molecular complexity index is 1250. The second-order valence-corrected chi connectivity index (χ2v) is 6.29. The number of pyridine rings is 1. The number of hydrogen-bond acceptors (Lipinski definition) is 5. The highest BCUT2D eigenvalue weighted by Crippen LogP contribution is 2.34. The highest BCUT2D eigenvalue weighted by molar-refractivity contribution is 5.93. The van der Waals surface area contributed by atoms with Crippen LogP contribution in [0.1, 0.15) is 22.8 Å². The molecule has 4 aromatic rings. The SMILES string of the molecule is CCOC(=O)c1ccc(-c2cc3nccc(-c4ccc(F)c(C#N)c4)c3o2)cc1. The second-order valence-electron chi connectivity index (χ2n) is 6.29. The predicted molar refractivity (Wildman–Crippen MR) is 106 cm³/mol. The number of benzene rings is 2. The zero-order chi connectivity index (χ0) is 20.4. The first kappa shape index (κ1) is 18.4. The average molecular weight is 386 g/mol. The smallest absolute Gasteiger partial charge is 0.338 e. The average Bonchev–Trinajstić information content (AvgIpc) is 3.19. The van der Waals surface area contributed by atoms with E-state index in [2.05, 4.69) is 4.98 Å². The molecule has 0 N–H and O–H groups in total. The minimum atomic E-state index is -0.566. The molecule has 2 aromatic heterocycles. The Morgan fingerprint density at radius 2 is 1.90 bits per heavy atom. The monoisotopic (exact) mass is 386 g/mol. The zero-order valence-electron chi connectivity index (χ0n) is 15.5. The molecule has 0 radical (unpaired) electrons. The van der Waals surface area contributed by atoms with E-state index in [1.807, 2.05) is 6.07 Å². The van der Waals surface area contributed by atoms with Crippen molar-refractivity contribution in [3.63, 3.8) is 0 Å². The van der Waals surface area contributed by atoms with Crippen molar-refractivity contribution in [1.82, 2.24) is 4.98 Å². The van der Waals surface area contributed by atoms with Crippen LogP contribution in [0.5, 0.6) is 0 Å². The quantitative estimate of drug-likeness (QED) is 0.442. The lowest BCUT2D eigenvalue weighted by Crippen LogP contribution is -2.03. The van der Waals surface area contributed by atoms with Crippen molar-refractivity contribution in [2.24, 2.45) is 0 Å². The van der Waals surface area contributed by atoms with Gasteiger partial charge in [-0.15, -0.1) is 0 Å². The van der Waals surface area contributed by atoms with E-state index in [-0.39, 0.29) is 11.5 Å². The van der Waals surface area contributed by atoms with Crippen LogP contribution < -0.4 is 0 Å². The van der Waals surface area contributed by atoms with E-state index in [1.165, 1.54) is 12.1 Å². The largest absolute Gasteiger partial charge is 0.462 e. The minimum absolute atomic E-state index is 0.0335. The molecule has 29 heavy (non-hydrogen) atoms. The van der Waals surface area contributed by atoms with E-state index in [4.69, 9.17) is 14.4 Å². The van der Waals surface area contributed by atoms with Crippen molar-refractivity contribution in [2.45, 2.75) is 6.92 Å². The summed E-state index contributed by atoms with van der Waals surface area (Å²) in [5, 5.41) is 9.09. The van der Waals surface area contributed by atoms with E-state index in [0.717, 1.165) is 5.56 Å². The lowest BCUT2D eigenvalue weighted by molar-refractivity contribution is 0.0526. The number of fused-ring (bicyclic) bond motifs is 1. The first-order valence-corrected chi connectivity index (χ1v) is 8.97. The fourth-order valence-electron chi connectivity index (χ4n) is 3.07. The standard InChI is InChI=1S/C23H15FN2O3/c1-2-28-23(27)15-5-3-14(4-6-15)21-12-20-22(29-21)18(9-10-26-20)16-7-8-19(24)17(11-16)13-25/h3-12H,2H2,1H3. The summed E-state index contributed by atoms with van der Waals surface area (Å²) in [5.74, 6) is -0.362. The number of rotatable bonds is 4. The van der Waals surface area contributed by atoms with Crippen molar-refractivity contribution in [1.29, 1.82) is 5.26 Å². The molecule has 0 unspecified atom stereocenters. The van der Waals surface area contributed by atoms with E-state index >= 15 is 0 Å². The van der Waals surface area contributed by atoms with Gasteiger partial charge in [0, 0.05) is 23.4 Å². The summed E-state index contributed by atoms with van der Waals surface area (Å²) in [6, 6.07) is 16.6. The molecule has 142 valence electrons. The summed E-state index contributed by atoms with van der Waals surface area (Å²) in [6.07, 6.45) is 1.64. The number of ether oxygens (including phenoxy) is 1. The first-order chi connectivity index (χ1) is 14.1. The number of nitriles is 1. The van der Waals surface area contributed by atoms with Gasteiger partial charge < -0.3 is 9.15 Å². The second kappa shape index (κ2) is 7.56. The molecule has 0 fully saturated rings. The number of esters is 1. The number of carbonyl (C=O) groups excluding carboxylic acids is 1. The molecular formula is C23H15FN2O3. The summed E-state index contributed by atoms with van der Waals surface area (Å²) < 4.78 is 24.7. The summed E-state index contributed by atoms with van der Waals surface area (Å²) in [4.78, 5) is 16.1. The van der Waals surface area contributed by atoms with Gasteiger partial charge in [-0.05, 0) is 42.8 Å². The normalized spacial score (nSPS) is 10.7. The molecule has 6 heteroatoms. The number of halogens is 1. The maximum Gasteiger partial charge on any atom is 0.338 e. The number of furan rings is 1. The van der Waals surface area contributed by atoms with E-state index in [9.17, 15) is 9.18 Å². The van der Waals surface area contributed by atoms with Gasteiger partial charge in [-0.25, -0.2) is 9.18 Å². The summed E-state index contributed by atoms with van der Waals surface area (Å²) in [6.45, 7) is 2.07. The molecule has 5 nitrogen and oxygen atoms in total. The molecule has 0 atom stereocenters. The van der Waals surface area contributed by atoms with Gasteiger partial charge in [0.2, 0.25) is 0 Å². The van der Waals surface area contributed by atoms with E-state index < -0.39 is 5.82 Å². The minimum Gasteiger partial charge on any atom is -0.462 e. The topological polar surface area (TPSA) is 76.1 Å². The molecule has 0 aliphatic heterocycles. The summed E-state index contributed by atoms with van der Waals surface area (Å²) in [7, 11) is 0. The molecule has 0 bridgehead atoms. The Balaban J connectivity index is 1.75. The van der Waals surface area contributed by atoms with Crippen LogP contribution in [-0.2, 0) is 4.74 Å². The lowest BCUT2D eigenvalue weighted by Gasteiger charge is -2.04. The summed E-state index contributed by atoms with van der Waals surface area (Å²) in [5.41, 5.74) is 3.74. The van der Waals surface area contributed by atoms with Crippen molar-refractivity contribution >= 4 is 17.1 Å². The Morgan fingerprint density at radius 1 is 1.14 bits per heavy atom. The van der Waals surface area contributed by atoms with Gasteiger partial charge in [-0.1, -0.05) is 18.2 Å². The number of carbonyl (C=O) groups is 1. The van der Waals surface area contributed by atoms with Gasteiger partial charge in [-0.3, -0.25) is 4.98 Å². The molecule has 0 saturated heterocycles. The summed E-state index contributed by atoms with van der Waals surface area (Å²) >= 11 is 0. The zero-order valence-corrected chi connectivity index (χ0v) is 15.5. The molecule has 0 spiro atoms. The Hall–Kier alpha value is -3.98. The van der Waals surface area contributed by atoms with Crippen LogP contribution in [0.4, 0.5) is 4.39 Å². The molecule has 0 aliphatic rings. The van der Waals surface area contributed by atoms with E-state index in [0.29, 0.717) is 40.2 Å². The van der Waals surface area contributed by atoms with Gasteiger partial charge in [0.05, 0.1) is 17.7 Å². The maximum absolute atomic E-state index is 13.7. The molecule has 2 heterocycles. The third-order valence-corrected chi connectivity index (χ3v) is 4.49. The Kier molecular flexibility index (Phi) is 4.80. The molecule has 4 rings (SSSR count). The van der Waals surface area contributed by atoms with Crippen LogP contribution in [0.25, 0.3) is 33.6 Å². The van der Waals surface area contributed by atoms with Crippen molar-refractivity contribution in [2.75, 3.05) is 6.61 Å². The van der Waals surface area contributed by atoms with Crippen LogP contribution >= 0.6 is 0 Å². The Labute approximate surface area is 166 Å².